The van der Waals surface area contributed by atoms with Crippen molar-refractivity contribution >= 4 is 39.3 Å². The van der Waals surface area contributed by atoms with Crippen molar-refractivity contribution in [3.05, 3.63) is 88.3 Å². The summed E-state index contributed by atoms with van der Waals surface area (Å²) in [5.74, 6) is -1.93. The van der Waals surface area contributed by atoms with Crippen molar-refractivity contribution in [3.63, 3.8) is 0 Å². The molecule has 252 valence electrons. The van der Waals surface area contributed by atoms with E-state index in [1.807, 2.05) is 6.92 Å². The van der Waals surface area contributed by atoms with Gasteiger partial charge in [0.05, 0.1) is 31.2 Å². The molecule has 3 N–H and O–H groups in total. The fraction of sp³-hybridized carbons (Fsp3) is 0.424. The zero-order valence-corrected chi connectivity index (χ0v) is 28.0. The van der Waals surface area contributed by atoms with Crippen LogP contribution in [0.3, 0.4) is 0 Å². The fourth-order valence-corrected chi connectivity index (χ4v) is 8.58. The minimum absolute atomic E-state index is 0.0339. The highest BCUT2D eigenvalue weighted by Gasteiger charge is 2.46. The van der Waals surface area contributed by atoms with E-state index in [1.54, 1.807) is 40.7 Å². The molecule has 2 amide bonds. The van der Waals surface area contributed by atoms with Gasteiger partial charge < -0.3 is 20.5 Å². The van der Waals surface area contributed by atoms with Gasteiger partial charge in [0.2, 0.25) is 15.9 Å². The Bertz CT molecular complexity index is 1690. The van der Waals surface area contributed by atoms with Gasteiger partial charge in [0.1, 0.15) is 5.82 Å². The Morgan fingerprint density at radius 3 is 2.43 bits per heavy atom. The summed E-state index contributed by atoms with van der Waals surface area (Å²) in [5, 5.41) is 3.36. The topological polar surface area (TPSA) is 144 Å². The molecular weight excluding hydrogens is 649 g/mol. The predicted octanol–water partition coefficient (Wildman–Crippen LogP) is 4.23. The highest BCUT2D eigenvalue weighted by Crippen LogP contribution is 2.36. The van der Waals surface area contributed by atoms with Crippen LogP contribution >= 0.6 is 11.6 Å². The van der Waals surface area contributed by atoms with E-state index in [4.69, 9.17) is 26.8 Å². The van der Waals surface area contributed by atoms with Gasteiger partial charge in [0, 0.05) is 53.9 Å². The number of aromatic nitrogens is 1. The number of carbonyl (C=O) groups excluding carboxylic acids is 2. The van der Waals surface area contributed by atoms with E-state index in [2.05, 4.69) is 10.3 Å². The first-order valence-corrected chi connectivity index (χ1v) is 17.3. The zero-order chi connectivity index (χ0) is 33.9. The molecule has 5 rings (SSSR count). The third kappa shape index (κ3) is 7.44. The normalized spacial score (nSPS) is 19.9. The van der Waals surface area contributed by atoms with Crippen molar-refractivity contribution in [1.82, 2.24) is 14.6 Å². The Labute approximate surface area is 279 Å². The maximum atomic E-state index is 15.6. The first-order chi connectivity index (χ1) is 22.5. The van der Waals surface area contributed by atoms with Crippen molar-refractivity contribution < 1.29 is 31.9 Å². The van der Waals surface area contributed by atoms with E-state index in [9.17, 15) is 18.0 Å². The molecule has 2 aliphatic rings. The summed E-state index contributed by atoms with van der Waals surface area (Å²) in [6, 6.07) is 12.1. The molecule has 47 heavy (non-hydrogen) atoms. The number of sulfonamides is 1. The van der Waals surface area contributed by atoms with Gasteiger partial charge in [-0.3, -0.25) is 4.79 Å². The quantitative estimate of drug-likeness (QED) is 0.303. The minimum Gasteiger partial charge on any atom is -0.481 e. The highest BCUT2D eigenvalue weighted by molar-refractivity contribution is 7.90. The van der Waals surface area contributed by atoms with Gasteiger partial charge in [-0.1, -0.05) is 35.9 Å². The number of anilines is 1. The third-order valence-corrected chi connectivity index (χ3v) is 11.5. The molecule has 14 heteroatoms. The molecule has 1 aromatic heterocycles. The van der Waals surface area contributed by atoms with E-state index in [-0.39, 0.29) is 30.1 Å². The first-order valence-electron chi connectivity index (χ1n) is 15.4. The summed E-state index contributed by atoms with van der Waals surface area (Å²) in [6.07, 6.45) is 2.02. The first kappa shape index (κ1) is 34.7. The van der Waals surface area contributed by atoms with Crippen LogP contribution in [0, 0.1) is 5.82 Å². The molecule has 2 fully saturated rings. The Balaban J connectivity index is 1.49. The molecule has 0 spiro atoms. The number of hydrogen-bond acceptors (Lipinski definition) is 9. The monoisotopic (exact) mass is 687 g/mol. The number of ether oxygens (including phenoxy) is 2. The average Bonchev–Trinajstić information content (AvgIpc) is 3.92. The van der Waals surface area contributed by atoms with Gasteiger partial charge in [0.25, 0.3) is 5.91 Å². The van der Waals surface area contributed by atoms with Gasteiger partial charge >= 0.3 is 6.09 Å². The largest absolute Gasteiger partial charge is 0.481 e. The number of amides is 2. The second-order valence-electron chi connectivity index (χ2n) is 11.8. The van der Waals surface area contributed by atoms with Crippen LogP contribution in [0.15, 0.2) is 60.8 Å². The summed E-state index contributed by atoms with van der Waals surface area (Å²) in [6.45, 7) is 2.75. The second kappa shape index (κ2) is 14.7. The number of piperazine rings is 1. The highest BCUT2D eigenvalue weighted by atomic mass is 35.5. The molecule has 3 aromatic rings. The van der Waals surface area contributed by atoms with Crippen molar-refractivity contribution in [2.24, 2.45) is 5.73 Å². The van der Waals surface area contributed by atoms with E-state index in [0.717, 1.165) is 12.0 Å². The van der Waals surface area contributed by atoms with Gasteiger partial charge in [-0.25, -0.2) is 27.5 Å². The number of rotatable bonds is 11. The average molecular weight is 688 g/mol. The summed E-state index contributed by atoms with van der Waals surface area (Å²) < 4.78 is 54.1. The van der Waals surface area contributed by atoms with Gasteiger partial charge in [0.15, 0.2) is 0 Å². The van der Waals surface area contributed by atoms with E-state index < -0.39 is 51.1 Å². The van der Waals surface area contributed by atoms with E-state index in [0.29, 0.717) is 48.0 Å². The summed E-state index contributed by atoms with van der Waals surface area (Å²) >= 11 is 6.14. The van der Waals surface area contributed by atoms with Gasteiger partial charge in [-0.2, -0.15) is 4.31 Å². The number of nitrogens with one attached hydrogen (secondary N) is 1. The molecule has 11 nitrogen and oxygen atoms in total. The molecule has 2 aromatic carbocycles. The fourth-order valence-electron chi connectivity index (χ4n) is 6.20. The van der Waals surface area contributed by atoms with E-state index >= 15 is 4.39 Å². The molecule has 1 saturated carbocycles. The lowest BCUT2D eigenvalue weighted by atomic mass is 9.85. The minimum atomic E-state index is -3.52. The van der Waals surface area contributed by atoms with E-state index in [1.165, 1.54) is 31.5 Å². The van der Waals surface area contributed by atoms with Crippen LogP contribution in [0.1, 0.15) is 48.8 Å². The lowest BCUT2D eigenvalue weighted by Gasteiger charge is -2.40. The van der Waals surface area contributed by atoms with Crippen molar-refractivity contribution in [3.8, 4) is 5.88 Å². The lowest BCUT2D eigenvalue weighted by Crippen LogP contribution is -2.59. The Morgan fingerprint density at radius 1 is 1.11 bits per heavy atom. The Kier molecular flexibility index (Phi) is 10.8. The zero-order valence-electron chi connectivity index (χ0n) is 26.4. The number of hydrogen-bond donors (Lipinski definition) is 2. The molecule has 0 bridgehead atoms. The van der Waals surface area contributed by atoms with Crippen LogP contribution in [0.5, 0.6) is 5.88 Å². The molecule has 0 unspecified atom stereocenters. The summed E-state index contributed by atoms with van der Waals surface area (Å²) in [7, 11) is -0.919. The number of pyridine rings is 1. The van der Waals surface area contributed by atoms with Crippen LogP contribution in [0.2, 0.25) is 5.02 Å². The van der Waals surface area contributed by atoms with Gasteiger partial charge in [-0.05, 0) is 68.0 Å². The smallest absolute Gasteiger partial charge is 0.420 e. The predicted molar refractivity (Wildman–Crippen MR) is 177 cm³/mol. The Hall–Kier alpha value is -3.62. The molecule has 0 radical (unpaired) electrons. The molecule has 1 aliphatic heterocycles. The number of halogens is 2. The molecule has 1 saturated heterocycles. The number of imide groups is 1. The van der Waals surface area contributed by atoms with Crippen molar-refractivity contribution in [1.29, 1.82) is 0 Å². The maximum absolute atomic E-state index is 15.6. The summed E-state index contributed by atoms with van der Waals surface area (Å²) in [4.78, 5) is 32.7. The second-order valence-corrected chi connectivity index (χ2v) is 14.4. The molecular formula is C33H39ClFN5O6S. The van der Waals surface area contributed by atoms with Gasteiger partial charge in [-0.15, -0.1) is 0 Å². The summed E-state index contributed by atoms with van der Waals surface area (Å²) in [5.41, 5.74) is 7.91. The molecule has 2 heterocycles. The van der Waals surface area contributed by atoms with Crippen molar-refractivity contribution in [2.75, 3.05) is 32.2 Å². The van der Waals surface area contributed by atoms with Crippen LogP contribution in [0.25, 0.3) is 0 Å². The number of nitrogens with zero attached hydrogens (tertiary/aromatic N) is 3. The molecule has 4 atom stereocenters. The van der Waals surface area contributed by atoms with Crippen LogP contribution in [0.4, 0.5) is 14.9 Å². The van der Waals surface area contributed by atoms with Crippen molar-refractivity contribution in [2.45, 2.75) is 61.9 Å². The Morgan fingerprint density at radius 2 is 1.81 bits per heavy atom. The number of methoxy groups -OCH3 is 2. The lowest BCUT2D eigenvalue weighted by molar-refractivity contribution is -0.119. The van der Waals surface area contributed by atoms with Crippen LogP contribution < -0.4 is 20.7 Å². The number of benzene rings is 2. The van der Waals surface area contributed by atoms with Crippen LogP contribution in [-0.2, 0) is 26.0 Å². The number of carbonyl (C=O) groups is 2. The molecule has 1 aliphatic carbocycles. The SMILES string of the molecule is COC(=O)N(C(=O)[C@@H](N)[C@@H](c1ccc(Cl)cc1)c1ccc(OC)nc1)c1cccc(F)c1CC[C@H]1CNC[C@@H](C)N1S(=O)(=O)C1CC1. The van der Waals surface area contributed by atoms with Crippen LogP contribution in [-0.4, -0.2) is 80.4 Å². The standard InChI is InChI=1S/C33H39ClFN5O6S/c1-20-17-37-19-24(40(20)47(43,44)25-13-14-25)12-15-26-27(35)5-4-6-28(26)39(33(42)46-3)32(41)31(36)30(21-7-10-23(34)11-8-21)22-9-16-29(45-2)38-18-22/h4-11,16,18,20,24-25,30-31,37H,12-15,17,19,36H2,1-3H3/t20-,24+,30+,31+/m1/s1. The third-order valence-electron chi connectivity index (χ3n) is 8.69. The number of nitrogens with two attached hydrogens (primary N) is 1. The maximum Gasteiger partial charge on any atom is 0.420 e.